The number of alkyl halides is 3. The molecule has 0 aliphatic carbocycles. The maximum atomic E-state index is 12.2. The Bertz CT molecular complexity index is 878. The lowest BCUT2D eigenvalue weighted by molar-refractivity contribution is -0.123. The van der Waals surface area contributed by atoms with Crippen LogP contribution < -0.4 is 20.7 Å². The van der Waals surface area contributed by atoms with Crippen LogP contribution in [0.1, 0.15) is 10.4 Å². The Morgan fingerprint density at radius 2 is 1.76 bits per heavy atom. The van der Waals surface area contributed by atoms with Crippen LogP contribution in [0.5, 0.6) is 5.75 Å². The molecule has 0 spiro atoms. The number of anilines is 1. The van der Waals surface area contributed by atoms with Crippen molar-refractivity contribution in [2.24, 2.45) is 0 Å². The molecule has 1 amide bonds. The van der Waals surface area contributed by atoms with Crippen LogP contribution in [0.15, 0.2) is 54.6 Å². The number of aromatic carboxylic acids is 1. The van der Waals surface area contributed by atoms with Gasteiger partial charge in [0.2, 0.25) is 3.79 Å². The maximum Gasteiger partial charge on any atom is 0.335 e. The monoisotopic (exact) mass is 475 g/mol. The van der Waals surface area contributed by atoms with Crippen molar-refractivity contribution >= 4 is 69.7 Å². The highest BCUT2D eigenvalue weighted by atomic mass is 35.6. The van der Waals surface area contributed by atoms with Crippen LogP contribution in [-0.4, -0.2) is 38.7 Å². The number of carboxylic acids is 1. The van der Waals surface area contributed by atoms with Gasteiger partial charge >= 0.3 is 5.97 Å². The smallest absolute Gasteiger partial charge is 0.335 e. The van der Waals surface area contributed by atoms with Gasteiger partial charge in [-0.3, -0.25) is 4.79 Å². The fourth-order valence-corrected chi connectivity index (χ4v) is 2.66. The summed E-state index contributed by atoms with van der Waals surface area (Å²) in [4.78, 5) is 23.2. The lowest BCUT2D eigenvalue weighted by atomic mass is 10.2. The van der Waals surface area contributed by atoms with Gasteiger partial charge in [-0.15, -0.1) is 0 Å². The molecule has 154 valence electrons. The van der Waals surface area contributed by atoms with E-state index in [1.807, 2.05) is 6.07 Å². The van der Waals surface area contributed by atoms with E-state index in [0.29, 0.717) is 11.4 Å². The molecule has 2 aromatic rings. The summed E-state index contributed by atoms with van der Waals surface area (Å²) in [7, 11) is 0. The van der Waals surface area contributed by atoms with E-state index in [1.165, 1.54) is 12.1 Å². The van der Waals surface area contributed by atoms with Crippen molar-refractivity contribution in [3.63, 3.8) is 0 Å². The van der Waals surface area contributed by atoms with E-state index in [-0.39, 0.29) is 17.3 Å². The van der Waals surface area contributed by atoms with E-state index in [9.17, 15) is 9.59 Å². The van der Waals surface area contributed by atoms with E-state index >= 15 is 0 Å². The summed E-state index contributed by atoms with van der Waals surface area (Å²) in [6, 6.07) is 14.7. The first-order valence-electron chi connectivity index (χ1n) is 8.10. The number of ether oxygens (including phenoxy) is 1. The van der Waals surface area contributed by atoms with Gasteiger partial charge in [0.25, 0.3) is 5.91 Å². The number of carbonyl (C=O) groups excluding carboxylic acids is 1. The zero-order valence-electron chi connectivity index (χ0n) is 14.7. The fourth-order valence-electron chi connectivity index (χ4n) is 2.10. The molecule has 0 aliphatic heterocycles. The van der Waals surface area contributed by atoms with Crippen molar-refractivity contribution in [1.82, 2.24) is 10.6 Å². The molecular formula is C18H16Cl3N3O4S. The van der Waals surface area contributed by atoms with Gasteiger partial charge in [-0.05, 0) is 42.5 Å². The highest BCUT2D eigenvalue weighted by Crippen LogP contribution is 2.29. The Labute approximate surface area is 187 Å². The Balaban J connectivity index is 1.95. The van der Waals surface area contributed by atoms with Gasteiger partial charge in [-0.2, -0.15) is 0 Å². The lowest BCUT2D eigenvalue weighted by Gasteiger charge is -2.27. The van der Waals surface area contributed by atoms with Crippen LogP contribution in [0.3, 0.4) is 0 Å². The summed E-state index contributed by atoms with van der Waals surface area (Å²) < 4.78 is 3.41. The minimum Gasteiger partial charge on any atom is -0.484 e. The standard InChI is InChI=1S/C18H16Cl3N3O4S/c19-18(20,21)16(23-14(25)10-28-13-7-2-1-3-8-13)24-17(29)22-12-6-4-5-11(9-12)15(26)27/h1-9,16H,10H2,(H,23,25)(H,26,27)(H2,22,24,29)/t16-/m0/s1. The van der Waals surface area contributed by atoms with Crippen LogP contribution in [0.4, 0.5) is 5.69 Å². The molecule has 7 nitrogen and oxygen atoms in total. The molecule has 29 heavy (non-hydrogen) atoms. The topological polar surface area (TPSA) is 99.7 Å². The summed E-state index contributed by atoms with van der Waals surface area (Å²) in [6.07, 6.45) is -1.18. The molecule has 4 N–H and O–H groups in total. The summed E-state index contributed by atoms with van der Waals surface area (Å²) in [5.41, 5.74) is 0.478. The van der Waals surface area contributed by atoms with Gasteiger partial charge in [0.05, 0.1) is 5.56 Å². The molecule has 11 heteroatoms. The van der Waals surface area contributed by atoms with Gasteiger partial charge < -0.3 is 25.8 Å². The van der Waals surface area contributed by atoms with E-state index in [2.05, 4.69) is 16.0 Å². The predicted octanol–water partition coefficient (Wildman–Crippen LogP) is 3.56. The number of amides is 1. The Morgan fingerprint density at radius 1 is 1.07 bits per heavy atom. The summed E-state index contributed by atoms with van der Waals surface area (Å²) in [5.74, 6) is -1.12. The van der Waals surface area contributed by atoms with Crippen molar-refractivity contribution in [3.8, 4) is 5.75 Å². The minimum atomic E-state index is -1.93. The number of rotatable bonds is 7. The van der Waals surface area contributed by atoms with Crippen molar-refractivity contribution in [2.75, 3.05) is 11.9 Å². The molecular weight excluding hydrogens is 461 g/mol. The SMILES string of the molecule is O=C(COc1ccccc1)N[C@@H](NC(=S)Nc1cccc(C(=O)O)c1)C(Cl)(Cl)Cl. The predicted molar refractivity (Wildman–Crippen MR) is 117 cm³/mol. The number of carboxylic acid groups (broad SMARTS) is 1. The molecule has 0 fully saturated rings. The second kappa shape index (κ2) is 10.5. The number of hydrogen-bond acceptors (Lipinski definition) is 4. The number of hydrogen-bond donors (Lipinski definition) is 4. The minimum absolute atomic E-state index is 0.00754. The molecule has 0 radical (unpaired) electrons. The summed E-state index contributed by atoms with van der Waals surface area (Å²) >= 11 is 22.9. The average molecular weight is 477 g/mol. The molecule has 0 unspecified atom stereocenters. The van der Waals surface area contributed by atoms with Gasteiger partial charge in [0.1, 0.15) is 11.9 Å². The van der Waals surface area contributed by atoms with Crippen LogP contribution in [0.25, 0.3) is 0 Å². The third kappa shape index (κ3) is 7.94. The average Bonchev–Trinajstić information content (AvgIpc) is 2.66. The first kappa shape index (κ1) is 23.0. The molecule has 0 bridgehead atoms. The molecule has 2 rings (SSSR count). The van der Waals surface area contributed by atoms with E-state index < -0.39 is 21.8 Å². The largest absolute Gasteiger partial charge is 0.484 e. The Morgan fingerprint density at radius 3 is 2.38 bits per heavy atom. The molecule has 0 saturated heterocycles. The van der Waals surface area contributed by atoms with Crippen LogP contribution in [0.2, 0.25) is 0 Å². The molecule has 0 saturated carbocycles. The molecule has 2 aromatic carbocycles. The highest BCUT2D eigenvalue weighted by molar-refractivity contribution is 7.80. The number of thiocarbonyl (C=S) groups is 1. The number of carbonyl (C=O) groups is 2. The maximum absolute atomic E-state index is 12.2. The molecule has 0 heterocycles. The van der Waals surface area contributed by atoms with Gasteiger partial charge in [-0.1, -0.05) is 59.1 Å². The molecule has 1 atom stereocenters. The normalized spacial score (nSPS) is 11.8. The molecule has 0 aromatic heterocycles. The quantitative estimate of drug-likeness (QED) is 0.275. The first-order chi connectivity index (χ1) is 13.6. The van der Waals surface area contributed by atoms with E-state index in [4.69, 9.17) is 56.9 Å². The third-order valence-electron chi connectivity index (χ3n) is 3.39. The second-order valence-corrected chi connectivity index (χ2v) is 8.41. The van der Waals surface area contributed by atoms with Crippen molar-refractivity contribution in [3.05, 3.63) is 60.2 Å². The lowest BCUT2D eigenvalue weighted by Crippen LogP contribution is -2.56. The van der Waals surface area contributed by atoms with Gasteiger partial charge in [0, 0.05) is 5.69 Å². The third-order valence-corrected chi connectivity index (χ3v) is 4.26. The van der Waals surface area contributed by atoms with Crippen LogP contribution in [-0.2, 0) is 4.79 Å². The second-order valence-electron chi connectivity index (χ2n) is 5.63. The van der Waals surface area contributed by atoms with E-state index in [0.717, 1.165) is 0 Å². The zero-order chi connectivity index (χ0) is 21.4. The number of para-hydroxylation sites is 1. The highest BCUT2D eigenvalue weighted by Gasteiger charge is 2.34. The van der Waals surface area contributed by atoms with Crippen LogP contribution in [0, 0.1) is 0 Å². The van der Waals surface area contributed by atoms with E-state index in [1.54, 1.807) is 36.4 Å². The summed E-state index contributed by atoms with van der Waals surface area (Å²) in [5, 5.41) is 17.0. The zero-order valence-corrected chi connectivity index (χ0v) is 17.8. The van der Waals surface area contributed by atoms with Crippen molar-refractivity contribution < 1.29 is 19.4 Å². The fraction of sp³-hybridized carbons (Fsp3) is 0.167. The number of benzene rings is 2. The number of halogens is 3. The van der Waals surface area contributed by atoms with Gasteiger partial charge in [-0.25, -0.2) is 4.79 Å². The Kier molecular flexibility index (Phi) is 8.33. The van der Waals surface area contributed by atoms with Crippen molar-refractivity contribution in [2.45, 2.75) is 9.96 Å². The van der Waals surface area contributed by atoms with Crippen LogP contribution >= 0.6 is 47.0 Å². The first-order valence-corrected chi connectivity index (χ1v) is 9.64. The number of nitrogens with one attached hydrogen (secondary N) is 3. The Hall–Kier alpha value is -2.26. The van der Waals surface area contributed by atoms with Crippen molar-refractivity contribution in [1.29, 1.82) is 0 Å². The molecule has 0 aliphatic rings. The summed E-state index contributed by atoms with van der Waals surface area (Å²) in [6.45, 7) is -0.302. The van der Waals surface area contributed by atoms with Gasteiger partial charge in [0.15, 0.2) is 11.7 Å².